The smallest absolute Gasteiger partial charge is 0.254 e. The van der Waals surface area contributed by atoms with Gasteiger partial charge in [-0.3, -0.25) is 9.59 Å². The predicted octanol–water partition coefficient (Wildman–Crippen LogP) is 1.93. The molecule has 0 saturated heterocycles. The molecular weight excluding hydrogens is 352 g/mol. The third-order valence-electron chi connectivity index (χ3n) is 3.71. The molecule has 0 saturated carbocycles. The molecule has 2 amide bonds. The number of carbonyl (C=O) groups excluding carboxylic acids is 2. The van der Waals surface area contributed by atoms with Crippen LogP contribution < -0.4 is 16.0 Å². The van der Waals surface area contributed by atoms with Gasteiger partial charge in [0, 0.05) is 32.1 Å². The fourth-order valence-corrected chi connectivity index (χ4v) is 2.35. The van der Waals surface area contributed by atoms with Crippen molar-refractivity contribution in [1.29, 1.82) is 0 Å². The second kappa shape index (κ2) is 10.8. The van der Waals surface area contributed by atoms with Gasteiger partial charge in [0.05, 0.1) is 5.56 Å². The number of halogens is 3. The summed E-state index contributed by atoms with van der Waals surface area (Å²) in [7, 11) is 0. The van der Waals surface area contributed by atoms with Crippen molar-refractivity contribution in [2.24, 2.45) is 0 Å². The van der Waals surface area contributed by atoms with Crippen LogP contribution in [0.4, 0.5) is 8.78 Å². The van der Waals surface area contributed by atoms with Gasteiger partial charge in [0.2, 0.25) is 5.91 Å². The number of carbonyl (C=O) groups is 2. The monoisotopic (exact) mass is 373 g/mol. The first kappa shape index (κ1) is 21.1. The maximum absolute atomic E-state index is 13.4. The first-order valence-electron chi connectivity index (χ1n) is 7.95. The van der Waals surface area contributed by atoms with E-state index in [1.165, 1.54) is 5.57 Å². The largest absolute Gasteiger partial charge is 0.352 e. The lowest BCUT2D eigenvalue weighted by Gasteiger charge is -2.14. The lowest BCUT2D eigenvalue weighted by atomic mass is 10.1. The molecule has 3 N–H and O–H groups in total. The second-order valence-electron chi connectivity index (χ2n) is 5.58. The molecule has 1 aromatic rings. The highest BCUT2D eigenvalue weighted by molar-refractivity contribution is 5.94. The molecule has 0 fully saturated rings. The normalized spacial score (nSPS) is 13.4. The summed E-state index contributed by atoms with van der Waals surface area (Å²) in [6.45, 7) is 2.55. The molecule has 1 heterocycles. The number of amides is 2. The summed E-state index contributed by atoms with van der Waals surface area (Å²) in [6, 6.07) is 2.79. The minimum Gasteiger partial charge on any atom is -0.352 e. The molecule has 8 heteroatoms. The van der Waals surface area contributed by atoms with Crippen molar-refractivity contribution in [3.63, 3.8) is 0 Å². The summed E-state index contributed by atoms with van der Waals surface area (Å²) in [5.74, 6) is -2.34. The summed E-state index contributed by atoms with van der Waals surface area (Å²) in [4.78, 5) is 23.5. The van der Waals surface area contributed by atoms with Gasteiger partial charge in [-0.05, 0) is 31.5 Å². The maximum atomic E-state index is 13.4. The lowest BCUT2D eigenvalue weighted by molar-refractivity contribution is -0.121. The van der Waals surface area contributed by atoms with E-state index in [0.717, 1.165) is 31.6 Å². The van der Waals surface area contributed by atoms with Crippen LogP contribution in [-0.4, -0.2) is 38.0 Å². The van der Waals surface area contributed by atoms with Crippen molar-refractivity contribution in [3.8, 4) is 0 Å². The van der Waals surface area contributed by atoms with E-state index in [-0.39, 0.29) is 36.8 Å². The summed E-state index contributed by atoms with van der Waals surface area (Å²) in [6.07, 6.45) is 3.72. The highest BCUT2D eigenvalue weighted by atomic mass is 35.5. The first-order chi connectivity index (χ1) is 11.6. The number of hydrogen-bond donors (Lipinski definition) is 3. The SMILES string of the molecule is Cl.O=C(CCCNC(=O)c1ccc(F)cc1F)NCC1=CCNCC1. The van der Waals surface area contributed by atoms with Crippen molar-refractivity contribution < 1.29 is 18.4 Å². The van der Waals surface area contributed by atoms with Gasteiger partial charge in [0.1, 0.15) is 11.6 Å². The van der Waals surface area contributed by atoms with Crippen molar-refractivity contribution in [3.05, 3.63) is 47.0 Å². The van der Waals surface area contributed by atoms with Crippen LogP contribution in [-0.2, 0) is 4.79 Å². The third-order valence-corrected chi connectivity index (χ3v) is 3.71. The zero-order valence-corrected chi connectivity index (χ0v) is 14.6. The Labute approximate surface area is 151 Å². The van der Waals surface area contributed by atoms with Crippen LogP contribution in [0.5, 0.6) is 0 Å². The van der Waals surface area contributed by atoms with Crippen LogP contribution in [0.15, 0.2) is 29.8 Å². The molecule has 1 aromatic carbocycles. The highest BCUT2D eigenvalue weighted by Crippen LogP contribution is 2.09. The fraction of sp³-hybridized carbons (Fsp3) is 0.412. The topological polar surface area (TPSA) is 70.2 Å². The van der Waals surface area contributed by atoms with E-state index in [1.807, 2.05) is 0 Å². The minimum absolute atomic E-state index is 0. The molecule has 5 nitrogen and oxygen atoms in total. The Balaban J connectivity index is 0.00000312. The van der Waals surface area contributed by atoms with Gasteiger partial charge in [-0.1, -0.05) is 11.6 Å². The van der Waals surface area contributed by atoms with Gasteiger partial charge < -0.3 is 16.0 Å². The lowest BCUT2D eigenvalue weighted by Crippen LogP contribution is -2.30. The Morgan fingerprint density at radius 3 is 2.68 bits per heavy atom. The molecule has 25 heavy (non-hydrogen) atoms. The van der Waals surface area contributed by atoms with E-state index in [4.69, 9.17) is 0 Å². The van der Waals surface area contributed by atoms with Gasteiger partial charge >= 0.3 is 0 Å². The molecule has 0 atom stereocenters. The predicted molar refractivity (Wildman–Crippen MR) is 93.8 cm³/mol. The van der Waals surface area contributed by atoms with Gasteiger partial charge in [0.25, 0.3) is 5.91 Å². The van der Waals surface area contributed by atoms with Crippen LogP contribution in [0.1, 0.15) is 29.6 Å². The molecule has 138 valence electrons. The molecule has 0 spiro atoms. The number of rotatable bonds is 7. The molecule has 0 aromatic heterocycles. The molecule has 0 aliphatic carbocycles. The Kier molecular flexibility index (Phi) is 9.08. The van der Waals surface area contributed by atoms with E-state index >= 15 is 0 Å². The second-order valence-corrected chi connectivity index (χ2v) is 5.58. The van der Waals surface area contributed by atoms with E-state index in [9.17, 15) is 18.4 Å². The van der Waals surface area contributed by atoms with Crippen molar-refractivity contribution in [1.82, 2.24) is 16.0 Å². The van der Waals surface area contributed by atoms with E-state index in [0.29, 0.717) is 19.0 Å². The first-order valence-corrected chi connectivity index (χ1v) is 7.95. The third kappa shape index (κ3) is 7.19. The van der Waals surface area contributed by atoms with E-state index in [2.05, 4.69) is 22.0 Å². The van der Waals surface area contributed by atoms with Crippen LogP contribution >= 0.6 is 12.4 Å². The molecule has 2 rings (SSSR count). The molecule has 0 bridgehead atoms. The Hall–Kier alpha value is -1.99. The summed E-state index contributed by atoms with van der Waals surface area (Å²) in [5.41, 5.74) is 1.00. The molecular formula is C17H22ClF2N3O2. The van der Waals surface area contributed by atoms with Crippen LogP contribution in [0.3, 0.4) is 0 Å². The van der Waals surface area contributed by atoms with Gasteiger partial charge in [-0.15, -0.1) is 12.4 Å². The minimum atomic E-state index is -0.902. The average Bonchev–Trinajstić information content (AvgIpc) is 2.57. The zero-order chi connectivity index (χ0) is 17.4. The summed E-state index contributed by atoms with van der Waals surface area (Å²) >= 11 is 0. The fourth-order valence-electron chi connectivity index (χ4n) is 2.35. The Morgan fingerprint density at radius 1 is 1.20 bits per heavy atom. The quantitative estimate of drug-likeness (QED) is 0.505. The van der Waals surface area contributed by atoms with Gasteiger partial charge in [-0.2, -0.15) is 0 Å². The van der Waals surface area contributed by atoms with Crippen LogP contribution in [0.2, 0.25) is 0 Å². The molecule has 0 radical (unpaired) electrons. The summed E-state index contributed by atoms with van der Waals surface area (Å²) in [5, 5.41) is 8.56. The van der Waals surface area contributed by atoms with Gasteiger partial charge in [0.15, 0.2) is 0 Å². The molecule has 1 aliphatic rings. The number of nitrogens with one attached hydrogen (secondary N) is 3. The number of benzene rings is 1. The molecule has 1 aliphatic heterocycles. The maximum Gasteiger partial charge on any atom is 0.254 e. The standard InChI is InChI=1S/C17H21F2N3O2.ClH/c18-13-3-4-14(15(19)10-13)17(24)21-7-1-2-16(23)22-11-12-5-8-20-9-6-12;/h3-5,10,20H,1-2,6-9,11H2,(H,21,24)(H,22,23);1H. The Morgan fingerprint density at radius 2 is 2.00 bits per heavy atom. The van der Waals surface area contributed by atoms with Crippen molar-refractivity contribution in [2.45, 2.75) is 19.3 Å². The zero-order valence-electron chi connectivity index (χ0n) is 13.7. The average molecular weight is 374 g/mol. The molecule has 0 unspecified atom stereocenters. The Bertz CT molecular complexity index is 638. The van der Waals surface area contributed by atoms with Crippen LogP contribution in [0, 0.1) is 11.6 Å². The van der Waals surface area contributed by atoms with Crippen LogP contribution in [0.25, 0.3) is 0 Å². The summed E-state index contributed by atoms with van der Waals surface area (Å²) < 4.78 is 26.2. The van der Waals surface area contributed by atoms with Gasteiger partial charge in [-0.25, -0.2) is 8.78 Å². The van der Waals surface area contributed by atoms with Crippen molar-refractivity contribution >= 4 is 24.2 Å². The van der Waals surface area contributed by atoms with E-state index in [1.54, 1.807) is 0 Å². The number of hydrogen-bond acceptors (Lipinski definition) is 3. The van der Waals surface area contributed by atoms with Crippen molar-refractivity contribution in [2.75, 3.05) is 26.2 Å². The van der Waals surface area contributed by atoms with E-state index < -0.39 is 17.5 Å². The highest BCUT2D eigenvalue weighted by Gasteiger charge is 2.12.